The summed E-state index contributed by atoms with van der Waals surface area (Å²) in [5, 5.41) is 0. The molecule has 0 saturated heterocycles. The Bertz CT molecular complexity index is 411. The van der Waals surface area contributed by atoms with Crippen molar-refractivity contribution in [1.82, 2.24) is 0 Å². The fourth-order valence-corrected chi connectivity index (χ4v) is 2.70. The maximum atomic E-state index is 6.21. The quantitative estimate of drug-likeness (QED) is 0.849. The lowest BCUT2D eigenvalue weighted by Gasteiger charge is -2.34. The summed E-state index contributed by atoms with van der Waals surface area (Å²) < 4.78 is 7.09. The van der Waals surface area contributed by atoms with Crippen LogP contribution in [0.1, 0.15) is 45.2 Å². The van der Waals surface area contributed by atoms with Crippen LogP contribution in [0.15, 0.2) is 22.7 Å². The zero-order valence-corrected chi connectivity index (χ0v) is 12.3. The number of benzene rings is 1. The van der Waals surface area contributed by atoms with Gasteiger partial charge in [-0.15, -0.1) is 0 Å². The molecule has 0 radical (unpaired) electrons. The molecule has 0 bridgehead atoms. The maximum absolute atomic E-state index is 6.21. The van der Waals surface area contributed by atoms with E-state index in [0.29, 0.717) is 0 Å². The lowest BCUT2D eigenvalue weighted by molar-refractivity contribution is 0.112. The van der Waals surface area contributed by atoms with E-state index < -0.39 is 0 Å². The van der Waals surface area contributed by atoms with Gasteiger partial charge >= 0.3 is 0 Å². The molecule has 0 fully saturated rings. The molecule has 2 rings (SSSR count). The van der Waals surface area contributed by atoms with Crippen LogP contribution in [0.3, 0.4) is 0 Å². The van der Waals surface area contributed by atoms with E-state index in [0.717, 1.165) is 28.6 Å². The second kappa shape index (κ2) is 4.62. The Balaban J connectivity index is 2.20. The van der Waals surface area contributed by atoms with E-state index in [-0.39, 0.29) is 17.6 Å². The molecule has 94 valence electrons. The summed E-state index contributed by atoms with van der Waals surface area (Å²) in [6.07, 6.45) is 2.17. The van der Waals surface area contributed by atoms with Gasteiger partial charge in [0.05, 0.1) is 0 Å². The van der Waals surface area contributed by atoms with Crippen LogP contribution in [0.25, 0.3) is 0 Å². The van der Waals surface area contributed by atoms with Crippen LogP contribution in [0.5, 0.6) is 5.75 Å². The zero-order chi connectivity index (χ0) is 12.6. The highest BCUT2D eigenvalue weighted by molar-refractivity contribution is 9.10. The molecule has 0 aromatic heterocycles. The molecule has 1 heterocycles. The normalized spacial score (nSPS) is 24.1. The van der Waals surface area contributed by atoms with Crippen LogP contribution >= 0.6 is 15.9 Å². The Labute approximate surface area is 112 Å². The number of hydrogen-bond acceptors (Lipinski definition) is 2. The van der Waals surface area contributed by atoms with Crippen LogP contribution in [0, 0.1) is 5.41 Å². The molecule has 0 aliphatic carbocycles. The van der Waals surface area contributed by atoms with Gasteiger partial charge < -0.3 is 10.5 Å². The molecule has 0 spiro atoms. The number of hydrogen-bond donors (Lipinski definition) is 1. The third-order valence-electron chi connectivity index (χ3n) is 3.03. The second-order valence-corrected chi connectivity index (χ2v) is 6.94. The van der Waals surface area contributed by atoms with Gasteiger partial charge in [0.15, 0.2) is 0 Å². The zero-order valence-electron chi connectivity index (χ0n) is 10.7. The molecule has 1 unspecified atom stereocenters. The van der Waals surface area contributed by atoms with Gasteiger partial charge in [0, 0.05) is 22.5 Å². The van der Waals surface area contributed by atoms with E-state index >= 15 is 0 Å². The Kier molecular flexibility index (Phi) is 3.50. The summed E-state index contributed by atoms with van der Waals surface area (Å²) in [5.41, 5.74) is 7.61. The van der Waals surface area contributed by atoms with E-state index in [9.17, 15) is 0 Å². The van der Waals surface area contributed by atoms with Gasteiger partial charge in [-0.1, -0.05) is 42.8 Å². The average Bonchev–Trinajstić information content (AvgIpc) is 2.13. The van der Waals surface area contributed by atoms with Gasteiger partial charge in [-0.05, 0) is 24.0 Å². The van der Waals surface area contributed by atoms with Gasteiger partial charge in [0.25, 0.3) is 0 Å². The molecular weight excluding hydrogens is 278 g/mol. The third-order valence-corrected chi connectivity index (χ3v) is 3.52. The summed E-state index contributed by atoms with van der Waals surface area (Å²) in [5.74, 6) is 0.937. The Hall–Kier alpha value is -0.540. The number of halogens is 1. The van der Waals surface area contributed by atoms with E-state index in [1.54, 1.807) is 0 Å². The van der Waals surface area contributed by atoms with Gasteiger partial charge in [0.2, 0.25) is 0 Å². The van der Waals surface area contributed by atoms with Crippen LogP contribution in [-0.2, 0) is 0 Å². The summed E-state index contributed by atoms with van der Waals surface area (Å²) in [6, 6.07) is 6.19. The van der Waals surface area contributed by atoms with Gasteiger partial charge in [-0.2, -0.15) is 0 Å². The van der Waals surface area contributed by atoms with Crippen LogP contribution < -0.4 is 10.5 Å². The van der Waals surface area contributed by atoms with E-state index in [1.807, 2.05) is 12.1 Å². The fourth-order valence-electron chi connectivity index (χ4n) is 2.36. The summed E-state index contributed by atoms with van der Waals surface area (Å²) in [6.45, 7) is 6.70. The van der Waals surface area contributed by atoms with Crippen molar-refractivity contribution in [3.63, 3.8) is 0 Å². The van der Waals surface area contributed by atoms with E-state index in [4.69, 9.17) is 10.5 Å². The summed E-state index contributed by atoms with van der Waals surface area (Å²) in [4.78, 5) is 0. The summed E-state index contributed by atoms with van der Waals surface area (Å²) >= 11 is 3.47. The Morgan fingerprint density at radius 1 is 1.41 bits per heavy atom. The number of nitrogens with two attached hydrogens (primary N) is 1. The van der Waals surface area contributed by atoms with Crippen molar-refractivity contribution in [2.75, 3.05) is 0 Å². The maximum Gasteiger partial charge on any atom is 0.125 e. The van der Waals surface area contributed by atoms with Crippen molar-refractivity contribution >= 4 is 15.9 Å². The minimum Gasteiger partial charge on any atom is -0.490 e. The first kappa shape index (κ1) is 12.9. The van der Waals surface area contributed by atoms with Gasteiger partial charge in [-0.25, -0.2) is 0 Å². The predicted octanol–water partition coefficient (Wildman–Crippen LogP) is 4.04. The molecule has 17 heavy (non-hydrogen) atoms. The molecule has 1 aliphatic heterocycles. The van der Waals surface area contributed by atoms with Crippen LogP contribution in [0.4, 0.5) is 0 Å². The molecule has 0 saturated carbocycles. The third kappa shape index (κ3) is 3.23. The molecule has 2 atom stereocenters. The standard InChI is InChI=1S/C14H20BrNO/c1-14(2,3)8-10-7-12(16)11-5-4-9(15)6-13(11)17-10/h4-6,10,12H,7-8,16H2,1-3H3/t10?,12-/m1/s1. The Morgan fingerprint density at radius 3 is 2.76 bits per heavy atom. The van der Waals surface area contributed by atoms with Crippen molar-refractivity contribution in [2.24, 2.45) is 11.1 Å². The second-order valence-electron chi connectivity index (χ2n) is 6.03. The molecule has 1 aromatic carbocycles. The first-order valence-corrected chi connectivity index (χ1v) is 6.86. The van der Waals surface area contributed by atoms with Gasteiger partial charge in [-0.3, -0.25) is 0 Å². The number of ether oxygens (including phenoxy) is 1. The van der Waals surface area contributed by atoms with Crippen LogP contribution in [0.2, 0.25) is 0 Å². The van der Waals surface area contributed by atoms with E-state index in [2.05, 4.69) is 42.8 Å². The lowest BCUT2D eigenvalue weighted by atomic mass is 9.85. The first-order valence-electron chi connectivity index (χ1n) is 6.07. The van der Waals surface area contributed by atoms with Crippen molar-refractivity contribution in [1.29, 1.82) is 0 Å². The molecular formula is C14H20BrNO. The minimum atomic E-state index is 0.0965. The fraction of sp³-hybridized carbons (Fsp3) is 0.571. The first-order chi connectivity index (χ1) is 7.85. The number of fused-ring (bicyclic) bond motifs is 1. The molecule has 1 aromatic rings. The van der Waals surface area contributed by atoms with Crippen molar-refractivity contribution in [3.8, 4) is 5.75 Å². The molecule has 2 nitrogen and oxygen atoms in total. The molecule has 2 N–H and O–H groups in total. The summed E-state index contributed by atoms with van der Waals surface area (Å²) in [7, 11) is 0. The molecule has 0 amide bonds. The highest BCUT2D eigenvalue weighted by Gasteiger charge is 2.29. The van der Waals surface area contributed by atoms with Crippen molar-refractivity contribution in [3.05, 3.63) is 28.2 Å². The van der Waals surface area contributed by atoms with Crippen molar-refractivity contribution in [2.45, 2.75) is 45.8 Å². The topological polar surface area (TPSA) is 35.2 Å². The minimum absolute atomic E-state index is 0.0965. The van der Waals surface area contributed by atoms with Crippen LogP contribution in [-0.4, -0.2) is 6.10 Å². The van der Waals surface area contributed by atoms with Crippen molar-refractivity contribution < 1.29 is 4.74 Å². The lowest BCUT2D eigenvalue weighted by Crippen LogP contribution is -2.32. The monoisotopic (exact) mass is 297 g/mol. The SMILES string of the molecule is CC(C)(C)CC1C[C@@H](N)c2ccc(Br)cc2O1. The molecule has 3 heteroatoms. The smallest absolute Gasteiger partial charge is 0.125 e. The molecule has 1 aliphatic rings. The number of rotatable bonds is 1. The average molecular weight is 298 g/mol. The van der Waals surface area contributed by atoms with Gasteiger partial charge in [0.1, 0.15) is 11.9 Å². The Morgan fingerprint density at radius 2 is 2.12 bits per heavy atom. The highest BCUT2D eigenvalue weighted by atomic mass is 79.9. The largest absolute Gasteiger partial charge is 0.490 e. The van der Waals surface area contributed by atoms with E-state index in [1.165, 1.54) is 0 Å². The highest BCUT2D eigenvalue weighted by Crippen LogP contribution is 2.38. The predicted molar refractivity (Wildman–Crippen MR) is 74.2 cm³/mol.